The van der Waals surface area contributed by atoms with Crippen LogP contribution in [0.4, 0.5) is 0 Å². The molecule has 3 aromatic heterocycles. The average Bonchev–Trinajstić information content (AvgIpc) is 2.65. The second-order valence-electron chi connectivity index (χ2n) is 4.34. The Morgan fingerprint density at radius 3 is 1.38 bits per heavy atom. The van der Waals surface area contributed by atoms with Crippen LogP contribution in [-0.2, 0) is 0 Å². The summed E-state index contributed by atoms with van der Waals surface area (Å²) in [4.78, 5) is 12.6. The molecular formula is C18H19N3S3. The first-order chi connectivity index (χ1) is 11.9. The summed E-state index contributed by atoms with van der Waals surface area (Å²) in [6.07, 6.45) is 5.44. The topological polar surface area (TPSA) is 38.7 Å². The molecule has 0 radical (unpaired) electrons. The Labute approximate surface area is 156 Å². The zero-order chi connectivity index (χ0) is 16.9. The van der Waals surface area contributed by atoms with Gasteiger partial charge in [0.2, 0.25) is 0 Å². The molecule has 0 saturated heterocycles. The minimum absolute atomic E-state index is 0.939. The fourth-order valence-electron chi connectivity index (χ4n) is 1.60. The van der Waals surface area contributed by atoms with Gasteiger partial charge in [0, 0.05) is 18.6 Å². The highest BCUT2D eigenvalue weighted by atomic mass is 32.2. The molecule has 0 aliphatic rings. The molecule has 0 amide bonds. The molecule has 0 aliphatic heterocycles. The van der Waals surface area contributed by atoms with E-state index in [2.05, 4.69) is 21.9 Å². The van der Waals surface area contributed by atoms with Gasteiger partial charge in [0.25, 0.3) is 0 Å². The van der Waals surface area contributed by atoms with Crippen molar-refractivity contribution >= 4 is 35.3 Å². The van der Waals surface area contributed by atoms with E-state index in [1.54, 1.807) is 35.3 Å². The van der Waals surface area contributed by atoms with Crippen LogP contribution in [0, 0.1) is 0 Å². The molecule has 3 nitrogen and oxygen atoms in total. The van der Waals surface area contributed by atoms with Crippen molar-refractivity contribution in [2.24, 2.45) is 0 Å². The van der Waals surface area contributed by atoms with Gasteiger partial charge < -0.3 is 0 Å². The first-order valence-corrected chi connectivity index (χ1v) is 10.5. The molecule has 124 valence electrons. The van der Waals surface area contributed by atoms with Crippen LogP contribution in [0.1, 0.15) is 6.92 Å². The van der Waals surface area contributed by atoms with Crippen LogP contribution in [0.25, 0.3) is 0 Å². The summed E-state index contributed by atoms with van der Waals surface area (Å²) in [5.74, 6) is 1.09. The van der Waals surface area contributed by atoms with Gasteiger partial charge >= 0.3 is 0 Å². The SMILES string of the molecule is CCSc1ccccn1.c1ccc(SCSc2ccccn2)nc1. The van der Waals surface area contributed by atoms with Gasteiger partial charge in [-0.3, -0.25) is 0 Å². The van der Waals surface area contributed by atoms with E-state index < -0.39 is 0 Å². The van der Waals surface area contributed by atoms with Gasteiger partial charge in [-0.25, -0.2) is 15.0 Å². The smallest absolute Gasteiger partial charge is 0.0967 e. The van der Waals surface area contributed by atoms with Crippen LogP contribution < -0.4 is 0 Å². The molecule has 3 rings (SSSR count). The fraction of sp³-hybridized carbons (Fsp3) is 0.167. The van der Waals surface area contributed by atoms with Crippen LogP contribution in [0.5, 0.6) is 0 Å². The highest BCUT2D eigenvalue weighted by molar-refractivity contribution is 8.15. The highest BCUT2D eigenvalue weighted by Gasteiger charge is 1.96. The Bertz CT molecular complexity index is 627. The summed E-state index contributed by atoms with van der Waals surface area (Å²) >= 11 is 5.22. The monoisotopic (exact) mass is 373 g/mol. The van der Waals surface area contributed by atoms with Gasteiger partial charge in [-0.15, -0.1) is 11.8 Å². The van der Waals surface area contributed by atoms with Crippen molar-refractivity contribution in [1.29, 1.82) is 0 Å². The zero-order valence-corrected chi connectivity index (χ0v) is 15.9. The third kappa shape index (κ3) is 7.86. The van der Waals surface area contributed by atoms with Crippen LogP contribution in [0.2, 0.25) is 0 Å². The van der Waals surface area contributed by atoms with E-state index in [1.165, 1.54) is 0 Å². The molecular weight excluding hydrogens is 354 g/mol. The Morgan fingerprint density at radius 1 is 0.625 bits per heavy atom. The molecule has 0 aliphatic carbocycles. The maximum atomic E-state index is 4.24. The second-order valence-corrected chi connectivity index (χ2v) is 7.98. The van der Waals surface area contributed by atoms with E-state index in [9.17, 15) is 0 Å². The van der Waals surface area contributed by atoms with Crippen molar-refractivity contribution in [3.05, 3.63) is 73.2 Å². The number of hydrogen-bond acceptors (Lipinski definition) is 6. The van der Waals surface area contributed by atoms with E-state index >= 15 is 0 Å². The predicted octanol–water partition coefficient (Wildman–Crippen LogP) is 5.51. The molecule has 0 fully saturated rings. The van der Waals surface area contributed by atoms with Gasteiger partial charge in [0.15, 0.2) is 0 Å². The lowest BCUT2D eigenvalue weighted by Crippen LogP contribution is -1.80. The van der Waals surface area contributed by atoms with Crippen molar-refractivity contribution in [3.63, 3.8) is 0 Å². The largest absolute Gasteiger partial charge is 0.250 e. The minimum Gasteiger partial charge on any atom is -0.250 e. The van der Waals surface area contributed by atoms with Gasteiger partial charge in [-0.05, 0) is 42.2 Å². The second kappa shape index (κ2) is 11.9. The van der Waals surface area contributed by atoms with Gasteiger partial charge in [-0.1, -0.05) is 48.6 Å². The first-order valence-electron chi connectivity index (χ1n) is 7.50. The molecule has 0 spiro atoms. The number of thioether (sulfide) groups is 3. The molecule has 0 bridgehead atoms. The molecule has 3 heterocycles. The molecule has 0 saturated carbocycles. The molecule has 24 heavy (non-hydrogen) atoms. The maximum absolute atomic E-state index is 4.24. The predicted molar refractivity (Wildman–Crippen MR) is 106 cm³/mol. The maximum Gasteiger partial charge on any atom is 0.0967 e. The normalized spacial score (nSPS) is 9.88. The van der Waals surface area contributed by atoms with Crippen molar-refractivity contribution in [1.82, 2.24) is 15.0 Å². The lowest BCUT2D eigenvalue weighted by atomic mass is 10.5. The Hall–Kier alpha value is -1.50. The van der Waals surface area contributed by atoms with Crippen LogP contribution >= 0.6 is 35.3 Å². The molecule has 0 aromatic carbocycles. The number of nitrogens with zero attached hydrogens (tertiary/aromatic N) is 3. The Morgan fingerprint density at radius 2 is 1.04 bits per heavy atom. The summed E-state index contributed by atoms with van der Waals surface area (Å²) in [5, 5.41) is 4.16. The van der Waals surface area contributed by atoms with Crippen LogP contribution in [0.15, 0.2) is 88.3 Å². The van der Waals surface area contributed by atoms with E-state index in [0.29, 0.717) is 0 Å². The van der Waals surface area contributed by atoms with Crippen molar-refractivity contribution < 1.29 is 0 Å². The van der Waals surface area contributed by atoms with Gasteiger partial charge in [-0.2, -0.15) is 0 Å². The van der Waals surface area contributed by atoms with Crippen LogP contribution in [0.3, 0.4) is 0 Å². The first kappa shape index (κ1) is 18.8. The third-order valence-corrected chi connectivity index (χ3v) is 5.46. The van der Waals surface area contributed by atoms with E-state index in [0.717, 1.165) is 25.9 Å². The van der Waals surface area contributed by atoms with Gasteiger partial charge in [0.05, 0.1) is 20.2 Å². The quantitative estimate of drug-likeness (QED) is 0.419. The zero-order valence-electron chi connectivity index (χ0n) is 13.4. The molecule has 6 heteroatoms. The van der Waals surface area contributed by atoms with E-state index in [-0.39, 0.29) is 0 Å². The number of aromatic nitrogens is 3. The van der Waals surface area contributed by atoms with Crippen molar-refractivity contribution in [2.75, 3.05) is 10.8 Å². The Balaban J connectivity index is 0.000000198. The third-order valence-electron chi connectivity index (χ3n) is 2.62. The van der Waals surface area contributed by atoms with Gasteiger partial charge in [0.1, 0.15) is 0 Å². The summed E-state index contributed by atoms with van der Waals surface area (Å²) in [5.41, 5.74) is 0. The molecule has 3 aromatic rings. The van der Waals surface area contributed by atoms with Crippen LogP contribution in [-0.4, -0.2) is 25.8 Å². The average molecular weight is 374 g/mol. The highest BCUT2D eigenvalue weighted by Crippen LogP contribution is 2.24. The summed E-state index contributed by atoms with van der Waals surface area (Å²) in [6.45, 7) is 2.12. The van der Waals surface area contributed by atoms with Crippen molar-refractivity contribution in [2.45, 2.75) is 22.0 Å². The molecule has 0 unspecified atom stereocenters. The lowest BCUT2D eigenvalue weighted by Gasteiger charge is -1.99. The molecule has 0 atom stereocenters. The van der Waals surface area contributed by atoms with E-state index in [4.69, 9.17) is 0 Å². The van der Waals surface area contributed by atoms with Crippen molar-refractivity contribution in [3.8, 4) is 0 Å². The Kier molecular flexibility index (Phi) is 9.38. The summed E-state index contributed by atoms with van der Waals surface area (Å²) in [7, 11) is 0. The molecule has 0 N–H and O–H groups in total. The standard InChI is InChI=1S/C11H10N2S2.C7H9NS/c1-3-7-12-10(5-1)14-9-15-11-6-2-4-8-13-11;1-2-9-7-5-3-4-6-8-7/h1-8H,9H2;3-6H,2H2,1H3. The number of rotatable bonds is 6. The lowest BCUT2D eigenvalue weighted by molar-refractivity contribution is 1.13. The summed E-state index contributed by atoms with van der Waals surface area (Å²) in [6, 6.07) is 17.8. The fourth-order valence-corrected chi connectivity index (χ4v) is 4.02. The number of pyridine rings is 3. The summed E-state index contributed by atoms with van der Waals surface area (Å²) < 4.78 is 0. The van der Waals surface area contributed by atoms with E-state index in [1.807, 2.05) is 73.2 Å². The number of hydrogen-bond donors (Lipinski definition) is 0. The minimum atomic E-state index is 0.939.